The zero-order valence-electron chi connectivity index (χ0n) is 15.1. The minimum absolute atomic E-state index is 0.0940. The number of hydrogen-bond donors (Lipinski definition) is 2. The number of nitrogens with zero attached hydrogens (tertiary/aromatic N) is 1. The number of benzene rings is 2. The van der Waals surface area contributed by atoms with E-state index in [0.29, 0.717) is 5.75 Å². The molecule has 0 spiro atoms. The fraction of sp³-hybridized carbons (Fsp3) is 0.316. The first-order chi connectivity index (χ1) is 12.7. The van der Waals surface area contributed by atoms with Crippen molar-refractivity contribution in [3.8, 4) is 5.75 Å². The zero-order valence-corrected chi connectivity index (χ0v) is 15.1. The second-order valence-electron chi connectivity index (χ2n) is 6.33. The molecule has 8 heteroatoms. The lowest BCUT2D eigenvalue weighted by molar-refractivity contribution is -0.137. The first-order valence-corrected chi connectivity index (χ1v) is 8.37. The van der Waals surface area contributed by atoms with Crippen LogP contribution in [0.4, 0.5) is 24.5 Å². The topological polar surface area (TPSA) is 53.6 Å². The molecule has 2 aromatic rings. The van der Waals surface area contributed by atoms with Gasteiger partial charge in [0.25, 0.3) is 5.91 Å². The minimum atomic E-state index is -4.43. The van der Waals surface area contributed by atoms with Crippen molar-refractivity contribution in [2.75, 3.05) is 24.4 Å². The van der Waals surface area contributed by atoms with Crippen LogP contribution in [0.25, 0.3) is 0 Å². The molecular formula is C19H20F3N3O2. The van der Waals surface area contributed by atoms with Gasteiger partial charge in [0.05, 0.1) is 30.2 Å². The van der Waals surface area contributed by atoms with Crippen LogP contribution in [0.2, 0.25) is 0 Å². The molecule has 5 nitrogen and oxygen atoms in total. The molecule has 2 N–H and O–H groups in total. The van der Waals surface area contributed by atoms with Crippen LogP contribution in [0.15, 0.2) is 36.4 Å². The Morgan fingerprint density at radius 3 is 2.48 bits per heavy atom. The maximum Gasteiger partial charge on any atom is 0.416 e. The third kappa shape index (κ3) is 3.65. The minimum Gasteiger partial charge on any atom is -0.496 e. The van der Waals surface area contributed by atoms with Gasteiger partial charge in [0.1, 0.15) is 5.75 Å². The predicted molar refractivity (Wildman–Crippen MR) is 97.1 cm³/mol. The SMILES string of the molecule is COc1ccc2c(c1CNC(=O)c1ccc(C(F)(F)F)cc1)N(C)C(C)N2. The molecule has 1 amide bonds. The average Bonchev–Trinajstić information content (AvgIpc) is 2.93. The number of ether oxygens (including phenoxy) is 1. The summed E-state index contributed by atoms with van der Waals surface area (Å²) < 4.78 is 43.3. The normalized spacial score (nSPS) is 15.9. The predicted octanol–water partition coefficient (Wildman–Crippen LogP) is 3.85. The molecule has 1 aliphatic rings. The second kappa shape index (κ2) is 7.02. The van der Waals surface area contributed by atoms with E-state index >= 15 is 0 Å². The summed E-state index contributed by atoms with van der Waals surface area (Å²) in [7, 11) is 3.48. The molecule has 3 rings (SSSR count). The Morgan fingerprint density at radius 1 is 1.22 bits per heavy atom. The van der Waals surface area contributed by atoms with Crippen LogP contribution < -0.4 is 20.3 Å². The average molecular weight is 379 g/mol. The molecule has 0 saturated heterocycles. The standard InChI is InChI=1S/C19H20F3N3O2/c1-11-24-15-8-9-16(27-3)14(17(15)25(11)2)10-23-18(26)12-4-6-13(7-5-12)19(20,21)22/h4-9,11,24H,10H2,1-3H3,(H,23,26). The van der Waals surface area contributed by atoms with E-state index < -0.39 is 17.6 Å². The smallest absolute Gasteiger partial charge is 0.416 e. The second-order valence-corrected chi connectivity index (χ2v) is 6.33. The molecule has 1 heterocycles. The van der Waals surface area contributed by atoms with Crippen molar-refractivity contribution in [2.45, 2.75) is 25.8 Å². The molecule has 144 valence electrons. The van der Waals surface area contributed by atoms with Crippen molar-refractivity contribution in [1.82, 2.24) is 5.32 Å². The summed E-state index contributed by atoms with van der Waals surface area (Å²) in [6, 6.07) is 7.86. The van der Waals surface area contributed by atoms with Gasteiger partial charge in [-0.05, 0) is 43.3 Å². The van der Waals surface area contributed by atoms with Crippen molar-refractivity contribution in [3.63, 3.8) is 0 Å². The maximum absolute atomic E-state index is 12.6. The van der Waals surface area contributed by atoms with Crippen molar-refractivity contribution < 1.29 is 22.7 Å². The van der Waals surface area contributed by atoms with E-state index in [0.717, 1.165) is 29.1 Å². The summed E-state index contributed by atoms with van der Waals surface area (Å²) in [5.41, 5.74) is 2.03. The van der Waals surface area contributed by atoms with Crippen LogP contribution in [0.3, 0.4) is 0 Å². The molecule has 1 aliphatic heterocycles. The van der Waals surface area contributed by atoms with Gasteiger partial charge in [0.15, 0.2) is 0 Å². The first-order valence-electron chi connectivity index (χ1n) is 8.37. The molecule has 0 radical (unpaired) electrons. The lowest BCUT2D eigenvalue weighted by Crippen LogP contribution is -2.30. The molecule has 0 bridgehead atoms. The van der Waals surface area contributed by atoms with Gasteiger partial charge in [-0.3, -0.25) is 4.79 Å². The Morgan fingerprint density at radius 2 is 1.89 bits per heavy atom. The third-order valence-electron chi connectivity index (χ3n) is 4.66. The van der Waals surface area contributed by atoms with Crippen LogP contribution in [0.5, 0.6) is 5.75 Å². The third-order valence-corrected chi connectivity index (χ3v) is 4.66. The molecule has 0 aromatic heterocycles. The molecule has 27 heavy (non-hydrogen) atoms. The summed E-state index contributed by atoms with van der Waals surface area (Å²) >= 11 is 0. The number of anilines is 2. The molecule has 0 fully saturated rings. The Kier molecular flexibility index (Phi) is 4.91. The number of methoxy groups -OCH3 is 1. The first kappa shape index (κ1) is 18.9. The van der Waals surface area contributed by atoms with E-state index in [9.17, 15) is 18.0 Å². The van der Waals surface area contributed by atoms with Gasteiger partial charge in [-0.1, -0.05) is 0 Å². The number of carbonyl (C=O) groups is 1. The monoisotopic (exact) mass is 379 g/mol. The number of carbonyl (C=O) groups excluding carboxylic acids is 1. The van der Waals surface area contributed by atoms with Crippen molar-refractivity contribution in [2.24, 2.45) is 0 Å². The Balaban J connectivity index is 1.79. The number of fused-ring (bicyclic) bond motifs is 1. The summed E-state index contributed by atoms with van der Waals surface area (Å²) in [4.78, 5) is 14.4. The Hall–Kier alpha value is -2.90. The van der Waals surface area contributed by atoms with Gasteiger partial charge in [-0.25, -0.2) is 0 Å². The van der Waals surface area contributed by atoms with E-state index in [1.807, 2.05) is 31.0 Å². The van der Waals surface area contributed by atoms with Crippen molar-refractivity contribution in [1.29, 1.82) is 0 Å². The van der Waals surface area contributed by atoms with Gasteiger partial charge >= 0.3 is 6.18 Å². The van der Waals surface area contributed by atoms with E-state index in [-0.39, 0.29) is 18.3 Å². The molecular weight excluding hydrogens is 359 g/mol. The summed E-state index contributed by atoms with van der Waals surface area (Å²) in [6.45, 7) is 2.20. The quantitative estimate of drug-likeness (QED) is 0.847. The number of hydrogen-bond acceptors (Lipinski definition) is 4. The van der Waals surface area contributed by atoms with E-state index in [2.05, 4.69) is 10.6 Å². The Bertz CT molecular complexity index is 851. The highest BCUT2D eigenvalue weighted by Crippen LogP contribution is 2.41. The van der Waals surface area contributed by atoms with Gasteiger partial charge < -0.3 is 20.3 Å². The molecule has 2 aromatic carbocycles. The van der Waals surface area contributed by atoms with Gasteiger partial charge in [-0.2, -0.15) is 13.2 Å². The maximum atomic E-state index is 12.6. The summed E-state index contributed by atoms with van der Waals surface area (Å²) in [5, 5.41) is 6.09. The van der Waals surface area contributed by atoms with E-state index in [1.54, 1.807) is 7.11 Å². The lowest BCUT2D eigenvalue weighted by atomic mass is 10.1. The number of amides is 1. The van der Waals surface area contributed by atoms with Crippen LogP contribution in [0.1, 0.15) is 28.4 Å². The van der Waals surface area contributed by atoms with E-state index in [1.165, 1.54) is 12.1 Å². The number of alkyl halides is 3. The largest absolute Gasteiger partial charge is 0.496 e. The van der Waals surface area contributed by atoms with Crippen LogP contribution in [-0.4, -0.2) is 26.2 Å². The van der Waals surface area contributed by atoms with Crippen LogP contribution in [0, 0.1) is 0 Å². The molecule has 0 aliphatic carbocycles. The fourth-order valence-corrected chi connectivity index (χ4v) is 3.10. The highest BCUT2D eigenvalue weighted by Gasteiger charge is 2.30. The van der Waals surface area contributed by atoms with Crippen LogP contribution >= 0.6 is 0 Å². The highest BCUT2D eigenvalue weighted by molar-refractivity contribution is 5.94. The molecule has 1 atom stereocenters. The number of nitrogens with one attached hydrogen (secondary N) is 2. The lowest BCUT2D eigenvalue weighted by Gasteiger charge is -2.21. The number of halogens is 3. The number of rotatable bonds is 4. The van der Waals surface area contributed by atoms with Crippen molar-refractivity contribution in [3.05, 3.63) is 53.1 Å². The fourth-order valence-electron chi connectivity index (χ4n) is 3.10. The van der Waals surface area contributed by atoms with Crippen LogP contribution in [-0.2, 0) is 12.7 Å². The van der Waals surface area contributed by atoms with Gasteiger partial charge in [-0.15, -0.1) is 0 Å². The summed E-state index contributed by atoms with van der Waals surface area (Å²) in [5.74, 6) is 0.175. The molecule has 0 saturated carbocycles. The van der Waals surface area contributed by atoms with Gasteiger partial charge in [0.2, 0.25) is 0 Å². The van der Waals surface area contributed by atoms with Crippen molar-refractivity contribution >= 4 is 17.3 Å². The summed E-state index contributed by atoms with van der Waals surface area (Å²) in [6.07, 6.45) is -4.34. The highest BCUT2D eigenvalue weighted by atomic mass is 19.4. The zero-order chi connectivity index (χ0) is 19.8. The Labute approximate surface area is 155 Å². The molecule has 1 unspecified atom stereocenters. The van der Waals surface area contributed by atoms with E-state index in [4.69, 9.17) is 4.74 Å². The van der Waals surface area contributed by atoms with Gasteiger partial charge in [0, 0.05) is 24.7 Å².